The smallest absolute Gasteiger partial charge is 0.315 e. The lowest BCUT2D eigenvalue weighted by molar-refractivity contribution is -0.164. The number of aliphatic hydroxyl groups is 1. The molecule has 10 heteroatoms. The molecule has 0 aromatic rings. The molecule has 2 unspecified atom stereocenters. The van der Waals surface area contributed by atoms with Crippen molar-refractivity contribution in [1.29, 1.82) is 0 Å². The zero-order chi connectivity index (χ0) is 24.2. The molecular formula is C23H30O9S. The minimum Gasteiger partial charge on any atom is -0.469 e. The van der Waals surface area contributed by atoms with E-state index in [4.69, 9.17) is 13.7 Å². The SMILES string of the molecule is C=C1C[C@]23C[C@@]1(O)CCC2[C@@]12CC[C@@H](OS(=O)(=O)CC(C)=O)[C@](C)(C(=O)O1)C2[C@@H]3C(=O)OC. The molecule has 1 heterocycles. The van der Waals surface area contributed by atoms with E-state index in [1.165, 1.54) is 7.11 Å². The molecule has 182 valence electrons. The highest BCUT2D eigenvalue weighted by atomic mass is 32.2. The molecule has 8 atom stereocenters. The Kier molecular flexibility index (Phi) is 4.64. The van der Waals surface area contributed by atoms with E-state index in [1.54, 1.807) is 6.92 Å². The van der Waals surface area contributed by atoms with Gasteiger partial charge in [-0.1, -0.05) is 6.58 Å². The molecule has 33 heavy (non-hydrogen) atoms. The van der Waals surface area contributed by atoms with E-state index in [2.05, 4.69) is 6.58 Å². The first-order valence-electron chi connectivity index (χ1n) is 11.4. The second kappa shape index (κ2) is 6.66. The Balaban J connectivity index is 1.64. The highest BCUT2D eigenvalue weighted by Crippen LogP contribution is 2.78. The van der Waals surface area contributed by atoms with E-state index in [0.29, 0.717) is 37.7 Å². The number of hydrogen-bond acceptors (Lipinski definition) is 9. The summed E-state index contributed by atoms with van der Waals surface area (Å²) in [5.41, 5.74) is -3.46. The van der Waals surface area contributed by atoms with Crippen molar-refractivity contribution >= 4 is 27.8 Å². The molecule has 4 bridgehead atoms. The van der Waals surface area contributed by atoms with Gasteiger partial charge in [0.05, 0.1) is 24.7 Å². The molecule has 9 nitrogen and oxygen atoms in total. The lowest BCUT2D eigenvalue weighted by Gasteiger charge is -2.46. The predicted molar refractivity (Wildman–Crippen MR) is 113 cm³/mol. The van der Waals surface area contributed by atoms with Gasteiger partial charge in [-0.15, -0.1) is 0 Å². The highest BCUT2D eigenvalue weighted by molar-refractivity contribution is 7.87. The van der Waals surface area contributed by atoms with Crippen LogP contribution in [0, 0.1) is 28.6 Å². The second-order valence-corrected chi connectivity index (χ2v) is 12.5. The molecular weight excluding hydrogens is 452 g/mol. The van der Waals surface area contributed by atoms with Crippen LogP contribution in [0.5, 0.6) is 0 Å². The number of carbonyl (C=O) groups excluding carboxylic acids is 3. The van der Waals surface area contributed by atoms with E-state index >= 15 is 0 Å². The van der Waals surface area contributed by atoms with Gasteiger partial charge in [-0.25, -0.2) is 0 Å². The van der Waals surface area contributed by atoms with Gasteiger partial charge in [0.25, 0.3) is 10.1 Å². The van der Waals surface area contributed by atoms with Crippen LogP contribution in [0.25, 0.3) is 0 Å². The second-order valence-electron chi connectivity index (χ2n) is 10.9. The number of ketones is 1. The van der Waals surface area contributed by atoms with E-state index < -0.39 is 73.6 Å². The third kappa shape index (κ3) is 2.71. The minimum atomic E-state index is -4.23. The number of hydrogen-bond donors (Lipinski definition) is 1. The molecule has 1 N–H and O–H groups in total. The van der Waals surface area contributed by atoms with Crippen LogP contribution >= 0.6 is 0 Å². The summed E-state index contributed by atoms with van der Waals surface area (Å²) in [6, 6.07) is 0. The predicted octanol–water partition coefficient (Wildman–Crippen LogP) is 1.28. The third-order valence-electron chi connectivity index (χ3n) is 9.36. The van der Waals surface area contributed by atoms with Crippen molar-refractivity contribution in [3.05, 3.63) is 12.2 Å². The van der Waals surface area contributed by atoms with Crippen molar-refractivity contribution in [3.63, 3.8) is 0 Å². The molecule has 0 amide bonds. The van der Waals surface area contributed by atoms with Crippen LogP contribution in [0.15, 0.2) is 12.2 Å². The standard InChI is InChI=1S/C23H30O9S/c1-12-9-21-11-22(12,27)7-5-14(21)23-8-6-15(32-33(28,29)10-13(2)24)20(3,19(26)31-23)17(23)16(21)18(25)30-4/h14-17,27H,1,5-11H2,2-4H3/t14?,15-,16-,17?,20+,21+,22+,23-/m1/s1. The molecule has 1 aliphatic heterocycles. The summed E-state index contributed by atoms with van der Waals surface area (Å²) in [6.07, 6.45) is 1.31. The first-order valence-corrected chi connectivity index (χ1v) is 13.0. The number of ether oxygens (including phenoxy) is 2. The van der Waals surface area contributed by atoms with E-state index in [1.807, 2.05) is 0 Å². The van der Waals surface area contributed by atoms with Gasteiger partial charge in [-0.05, 0) is 63.4 Å². The van der Waals surface area contributed by atoms with Gasteiger partial charge >= 0.3 is 11.9 Å². The van der Waals surface area contributed by atoms with Gasteiger partial charge in [-0.3, -0.25) is 18.6 Å². The van der Waals surface area contributed by atoms with Crippen LogP contribution in [0.1, 0.15) is 52.4 Å². The third-order valence-corrected chi connectivity index (χ3v) is 10.7. The lowest BCUT2D eigenvalue weighted by Crippen LogP contribution is -2.54. The summed E-state index contributed by atoms with van der Waals surface area (Å²) in [5, 5.41) is 11.2. The lowest BCUT2D eigenvalue weighted by atomic mass is 9.59. The van der Waals surface area contributed by atoms with Crippen molar-refractivity contribution < 1.29 is 41.6 Å². The molecule has 0 aromatic carbocycles. The molecule has 0 aromatic heterocycles. The van der Waals surface area contributed by atoms with Gasteiger partial charge in [0.15, 0.2) is 0 Å². The summed E-state index contributed by atoms with van der Waals surface area (Å²) in [6.45, 7) is 6.86. The van der Waals surface area contributed by atoms with Gasteiger partial charge in [0.2, 0.25) is 0 Å². The Hall–Kier alpha value is -1.78. The number of esters is 2. The van der Waals surface area contributed by atoms with Crippen molar-refractivity contribution in [3.8, 4) is 0 Å². The topological polar surface area (TPSA) is 133 Å². The Morgan fingerprint density at radius 3 is 2.61 bits per heavy atom. The van der Waals surface area contributed by atoms with Crippen LogP contribution in [0.3, 0.4) is 0 Å². The van der Waals surface area contributed by atoms with Crippen LogP contribution in [0.4, 0.5) is 0 Å². The van der Waals surface area contributed by atoms with Crippen LogP contribution in [-0.4, -0.2) is 61.4 Å². The van der Waals surface area contributed by atoms with Crippen molar-refractivity contribution in [2.75, 3.05) is 12.9 Å². The molecule has 0 radical (unpaired) electrons. The summed E-state index contributed by atoms with van der Waals surface area (Å²) in [7, 11) is -2.93. The quantitative estimate of drug-likeness (QED) is 0.349. The first-order chi connectivity index (χ1) is 15.3. The van der Waals surface area contributed by atoms with Gasteiger partial charge in [0, 0.05) is 11.8 Å². The maximum atomic E-state index is 13.4. The monoisotopic (exact) mass is 482 g/mol. The van der Waals surface area contributed by atoms with E-state index in [0.717, 1.165) is 6.92 Å². The van der Waals surface area contributed by atoms with Gasteiger partial charge in [0.1, 0.15) is 22.6 Å². The van der Waals surface area contributed by atoms with Crippen molar-refractivity contribution in [2.24, 2.45) is 28.6 Å². The molecule has 4 saturated carbocycles. The Morgan fingerprint density at radius 2 is 1.97 bits per heavy atom. The normalized spacial score (nSPS) is 47.6. The largest absolute Gasteiger partial charge is 0.469 e. The average molecular weight is 483 g/mol. The molecule has 1 saturated heterocycles. The summed E-state index contributed by atoms with van der Waals surface area (Å²) >= 11 is 0. The van der Waals surface area contributed by atoms with Crippen LogP contribution < -0.4 is 0 Å². The number of carbonyl (C=O) groups is 3. The number of rotatable bonds is 5. The van der Waals surface area contributed by atoms with Crippen molar-refractivity contribution in [2.45, 2.75) is 69.7 Å². The minimum absolute atomic E-state index is 0.181. The Labute approximate surface area is 193 Å². The van der Waals surface area contributed by atoms with Gasteiger partial charge < -0.3 is 14.6 Å². The maximum Gasteiger partial charge on any atom is 0.315 e. The molecule has 1 spiro atoms. The Bertz CT molecular complexity index is 1080. The van der Waals surface area contributed by atoms with Gasteiger partial charge in [-0.2, -0.15) is 8.42 Å². The van der Waals surface area contributed by atoms with Crippen LogP contribution in [0.2, 0.25) is 0 Å². The number of fused-ring (bicyclic) bond motifs is 1. The average Bonchev–Trinajstić information content (AvgIpc) is 3.12. The number of methoxy groups -OCH3 is 1. The fourth-order valence-corrected chi connectivity index (χ4v) is 9.56. The number of Topliss-reactive ketones (excluding diaryl/α,β-unsaturated/α-hetero) is 1. The summed E-state index contributed by atoms with van der Waals surface area (Å²) in [4.78, 5) is 38.1. The maximum absolute atomic E-state index is 13.4. The molecule has 5 fully saturated rings. The summed E-state index contributed by atoms with van der Waals surface area (Å²) < 4.78 is 41.9. The van der Waals surface area contributed by atoms with Crippen molar-refractivity contribution in [1.82, 2.24) is 0 Å². The Morgan fingerprint density at radius 1 is 1.27 bits per heavy atom. The zero-order valence-corrected chi connectivity index (χ0v) is 19.9. The fourth-order valence-electron chi connectivity index (χ4n) is 8.35. The molecule has 5 aliphatic rings. The van der Waals surface area contributed by atoms with E-state index in [9.17, 15) is 27.9 Å². The molecule has 4 aliphatic carbocycles. The van der Waals surface area contributed by atoms with Crippen LogP contribution in [-0.2, 0) is 38.2 Å². The zero-order valence-electron chi connectivity index (χ0n) is 19.1. The fraction of sp³-hybridized carbons (Fsp3) is 0.783. The van der Waals surface area contributed by atoms with E-state index in [-0.39, 0.29) is 12.3 Å². The highest BCUT2D eigenvalue weighted by Gasteiger charge is 2.84. The molecule has 5 rings (SSSR count). The first kappa shape index (κ1) is 23.0. The summed E-state index contributed by atoms with van der Waals surface area (Å²) in [5.74, 6) is -4.08.